The van der Waals surface area contributed by atoms with Crippen LogP contribution in [0.5, 0.6) is 11.5 Å². The van der Waals surface area contributed by atoms with Gasteiger partial charge in [0.05, 0.1) is 11.3 Å². The summed E-state index contributed by atoms with van der Waals surface area (Å²) in [7, 11) is 0. The molecular formula is C21H14F2N2O3. The maximum Gasteiger partial charge on any atom is 0.259 e. The number of carbonyl (C=O) groups is 2. The Balaban J connectivity index is 1.62. The number of hydrogen-bond acceptors (Lipinski definition) is 3. The molecule has 28 heavy (non-hydrogen) atoms. The van der Waals surface area contributed by atoms with Crippen LogP contribution < -0.4 is 15.4 Å². The van der Waals surface area contributed by atoms with Crippen LogP contribution in [0.3, 0.4) is 0 Å². The van der Waals surface area contributed by atoms with E-state index in [-0.39, 0.29) is 17.0 Å². The van der Waals surface area contributed by atoms with E-state index in [0.717, 1.165) is 17.7 Å². The van der Waals surface area contributed by atoms with Gasteiger partial charge in [0.25, 0.3) is 11.8 Å². The van der Waals surface area contributed by atoms with E-state index in [0.29, 0.717) is 22.9 Å². The van der Waals surface area contributed by atoms with Gasteiger partial charge in [-0.1, -0.05) is 6.07 Å². The second-order valence-electron chi connectivity index (χ2n) is 6.35. The molecule has 0 atom stereocenters. The minimum absolute atomic E-state index is 0.0441. The predicted octanol–water partition coefficient (Wildman–Crippen LogP) is 4.88. The number of nitrogens with one attached hydrogen (secondary N) is 2. The summed E-state index contributed by atoms with van der Waals surface area (Å²) in [4.78, 5) is 24.9. The summed E-state index contributed by atoms with van der Waals surface area (Å²) in [6.45, 7) is 1.90. The molecule has 0 saturated heterocycles. The van der Waals surface area contributed by atoms with Crippen LogP contribution in [0.4, 0.5) is 20.2 Å². The highest BCUT2D eigenvalue weighted by atomic mass is 19.2. The highest BCUT2D eigenvalue weighted by Gasteiger charge is 2.22. The molecule has 0 unspecified atom stereocenters. The standard InChI is InChI=1S/C21H14F2N2O3/c1-11-2-6-19-17(8-11)25-21(27)14-10-13(4-7-18(14)28-19)24-20(26)12-3-5-15(22)16(23)9-12/h2-10H,1H3,(H,24,26)(H,25,27). The largest absolute Gasteiger partial charge is 0.454 e. The van der Waals surface area contributed by atoms with Crippen LogP contribution in [0.15, 0.2) is 54.6 Å². The Morgan fingerprint density at radius 2 is 1.75 bits per heavy atom. The van der Waals surface area contributed by atoms with Gasteiger partial charge in [-0.05, 0) is 61.0 Å². The average Bonchev–Trinajstić information content (AvgIpc) is 2.79. The molecule has 0 fully saturated rings. The molecule has 0 saturated carbocycles. The second-order valence-corrected chi connectivity index (χ2v) is 6.35. The van der Waals surface area contributed by atoms with E-state index in [1.54, 1.807) is 24.3 Å². The number of hydrogen-bond donors (Lipinski definition) is 2. The SMILES string of the molecule is Cc1ccc2c(c1)NC(=O)c1cc(NC(=O)c3ccc(F)c(F)c3)ccc1O2. The maximum absolute atomic E-state index is 13.3. The van der Waals surface area contributed by atoms with Crippen LogP contribution in [0.1, 0.15) is 26.3 Å². The normalized spacial score (nSPS) is 12.2. The van der Waals surface area contributed by atoms with E-state index in [1.807, 2.05) is 13.0 Å². The number of aryl methyl sites for hydroxylation is 1. The number of fused-ring (bicyclic) bond motifs is 2. The number of ether oxygens (including phenoxy) is 1. The number of rotatable bonds is 2. The molecule has 2 N–H and O–H groups in total. The highest BCUT2D eigenvalue weighted by molar-refractivity contribution is 6.10. The first-order valence-corrected chi connectivity index (χ1v) is 8.41. The molecule has 140 valence electrons. The Morgan fingerprint density at radius 3 is 2.54 bits per heavy atom. The smallest absolute Gasteiger partial charge is 0.259 e. The van der Waals surface area contributed by atoms with E-state index < -0.39 is 17.5 Å². The predicted molar refractivity (Wildman–Crippen MR) is 100.0 cm³/mol. The van der Waals surface area contributed by atoms with Crippen molar-refractivity contribution in [2.24, 2.45) is 0 Å². The van der Waals surface area contributed by atoms with Crippen LogP contribution in [-0.4, -0.2) is 11.8 Å². The third-order valence-corrected chi connectivity index (χ3v) is 4.27. The number of anilines is 2. The number of halogens is 2. The molecular weight excluding hydrogens is 366 g/mol. The molecule has 0 aromatic heterocycles. The van der Waals surface area contributed by atoms with Gasteiger partial charge in [-0.3, -0.25) is 9.59 Å². The van der Waals surface area contributed by atoms with Crippen LogP contribution >= 0.6 is 0 Å². The van der Waals surface area contributed by atoms with Gasteiger partial charge >= 0.3 is 0 Å². The van der Waals surface area contributed by atoms with Gasteiger partial charge in [-0.2, -0.15) is 0 Å². The fourth-order valence-corrected chi connectivity index (χ4v) is 2.85. The van der Waals surface area contributed by atoms with E-state index in [2.05, 4.69) is 10.6 Å². The van der Waals surface area contributed by atoms with Gasteiger partial charge in [0.1, 0.15) is 5.75 Å². The lowest BCUT2D eigenvalue weighted by molar-refractivity contribution is 0.101. The summed E-state index contributed by atoms with van der Waals surface area (Å²) in [5, 5.41) is 5.34. The molecule has 1 aliphatic rings. The number of amides is 2. The minimum Gasteiger partial charge on any atom is -0.454 e. The van der Waals surface area contributed by atoms with Gasteiger partial charge < -0.3 is 15.4 Å². The molecule has 7 heteroatoms. The molecule has 2 amide bonds. The first-order valence-electron chi connectivity index (χ1n) is 8.41. The fraction of sp³-hybridized carbons (Fsp3) is 0.0476. The van der Waals surface area contributed by atoms with Crippen molar-refractivity contribution in [2.75, 3.05) is 10.6 Å². The molecule has 3 aromatic carbocycles. The van der Waals surface area contributed by atoms with Crippen LogP contribution in [-0.2, 0) is 0 Å². The third-order valence-electron chi connectivity index (χ3n) is 4.27. The van der Waals surface area contributed by atoms with Gasteiger partial charge in [0.2, 0.25) is 0 Å². The number of benzene rings is 3. The van der Waals surface area contributed by atoms with Crippen molar-refractivity contribution < 1.29 is 23.1 Å². The van der Waals surface area contributed by atoms with Crippen LogP contribution in [0.25, 0.3) is 0 Å². The van der Waals surface area contributed by atoms with Crippen molar-refractivity contribution in [3.63, 3.8) is 0 Å². The van der Waals surface area contributed by atoms with Gasteiger partial charge in [0, 0.05) is 11.3 Å². The van der Waals surface area contributed by atoms with Crippen LogP contribution in [0.2, 0.25) is 0 Å². The molecule has 4 rings (SSSR count). The lowest BCUT2D eigenvalue weighted by Gasteiger charge is -2.10. The number of carbonyl (C=O) groups excluding carboxylic acids is 2. The summed E-state index contributed by atoms with van der Waals surface area (Å²) >= 11 is 0. The maximum atomic E-state index is 13.3. The monoisotopic (exact) mass is 380 g/mol. The summed E-state index contributed by atoms with van der Waals surface area (Å²) in [5.41, 5.74) is 2.02. The molecule has 1 aliphatic heterocycles. The lowest BCUT2D eigenvalue weighted by Crippen LogP contribution is -2.14. The Kier molecular flexibility index (Phi) is 4.27. The Labute approximate surface area is 159 Å². The Bertz CT molecular complexity index is 1130. The second kappa shape index (κ2) is 6.77. The zero-order chi connectivity index (χ0) is 19.8. The van der Waals surface area contributed by atoms with E-state index in [9.17, 15) is 18.4 Å². The average molecular weight is 380 g/mol. The zero-order valence-corrected chi connectivity index (χ0v) is 14.7. The summed E-state index contributed by atoms with van der Waals surface area (Å²) in [5.74, 6) is -2.32. The first-order chi connectivity index (χ1) is 13.4. The quantitative estimate of drug-likeness (QED) is 0.666. The molecule has 5 nitrogen and oxygen atoms in total. The van der Waals surface area contributed by atoms with E-state index in [1.165, 1.54) is 12.1 Å². The van der Waals surface area contributed by atoms with Crippen molar-refractivity contribution in [3.05, 3.63) is 82.9 Å². The van der Waals surface area contributed by atoms with Crippen molar-refractivity contribution in [1.82, 2.24) is 0 Å². The molecule has 3 aromatic rings. The summed E-state index contributed by atoms with van der Waals surface area (Å²) < 4.78 is 32.2. The fourth-order valence-electron chi connectivity index (χ4n) is 2.85. The molecule has 0 spiro atoms. The molecule has 0 bridgehead atoms. The third kappa shape index (κ3) is 3.29. The Hall–Kier alpha value is -3.74. The first kappa shape index (κ1) is 17.7. The summed E-state index contributed by atoms with van der Waals surface area (Å²) in [6, 6.07) is 12.9. The van der Waals surface area contributed by atoms with E-state index in [4.69, 9.17) is 4.74 Å². The van der Waals surface area contributed by atoms with Crippen molar-refractivity contribution >= 4 is 23.2 Å². The molecule has 0 aliphatic carbocycles. The molecule has 0 radical (unpaired) electrons. The highest BCUT2D eigenvalue weighted by Crippen LogP contribution is 2.37. The zero-order valence-electron chi connectivity index (χ0n) is 14.7. The topological polar surface area (TPSA) is 67.4 Å². The van der Waals surface area contributed by atoms with Crippen molar-refractivity contribution in [1.29, 1.82) is 0 Å². The van der Waals surface area contributed by atoms with Gasteiger partial charge in [0.15, 0.2) is 17.4 Å². The van der Waals surface area contributed by atoms with E-state index >= 15 is 0 Å². The van der Waals surface area contributed by atoms with Crippen molar-refractivity contribution in [2.45, 2.75) is 6.92 Å². The Morgan fingerprint density at radius 1 is 0.964 bits per heavy atom. The molecule has 1 heterocycles. The van der Waals surface area contributed by atoms with Crippen LogP contribution in [0, 0.1) is 18.6 Å². The lowest BCUT2D eigenvalue weighted by atomic mass is 10.1. The van der Waals surface area contributed by atoms with Gasteiger partial charge in [-0.15, -0.1) is 0 Å². The van der Waals surface area contributed by atoms with Crippen molar-refractivity contribution in [3.8, 4) is 11.5 Å². The minimum atomic E-state index is -1.12. The summed E-state index contributed by atoms with van der Waals surface area (Å²) in [6.07, 6.45) is 0. The van der Waals surface area contributed by atoms with Gasteiger partial charge in [-0.25, -0.2) is 8.78 Å².